The Balaban J connectivity index is 3.07. The second-order valence-electron chi connectivity index (χ2n) is 3.90. The van der Waals surface area contributed by atoms with Gasteiger partial charge < -0.3 is 5.73 Å². The van der Waals surface area contributed by atoms with Gasteiger partial charge in [-0.1, -0.05) is 24.6 Å². The van der Waals surface area contributed by atoms with Gasteiger partial charge in [0.05, 0.1) is 5.02 Å². The molecule has 1 aromatic carbocycles. The van der Waals surface area contributed by atoms with Crippen LogP contribution >= 0.6 is 11.6 Å². The molecule has 1 unspecified atom stereocenters. The van der Waals surface area contributed by atoms with Crippen molar-refractivity contribution in [3.05, 3.63) is 28.8 Å². The van der Waals surface area contributed by atoms with Crippen LogP contribution in [0.4, 0.5) is 0 Å². The molecule has 3 N–H and O–H groups in total. The van der Waals surface area contributed by atoms with E-state index in [4.69, 9.17) is 17.3 Å². The summed E-state index contributed by atoms with van der Waals surface area (Å²) in [6.07, 6.45) is 0.720. The van der Waals surface area contributed by atoms with Crippen LogP contribution in [-0.2, 0) is 16.6 Å². The lowest BCUT2D eigenvalue weighted by molar-refractivity contribution is 0.556. The average Bonchev–Trinajstić information content (AvgIpc) is 2.27. The van der Waals surface area contributed by atoms with Gasteiger partial charge in [-0.05, 0) is 31.0 Å². The van der Waals surface area contributed by atoms with Gasteiger partial charge in [0.25, 0.3) is 0 Å². The Morgan fingerprint density at radius 2 is 2.12 bits per heavy atom. The Labute approximate surface area is 107 Å². The number of rotatable bonds is 5. The fourth-order valence-corrected chi connectivity index (χ4v) is 3.19. The summed E-state index contributed by atoms with van der Waals surface area (Å²) in [5, 5.41) is 0.198. The smallest absolute Gasteiger partial charge is 0.242 e. The zero-order valence-electron chi connectivity index (χ0n) is 9.90. The predicted octanol–water partition coefficient (Wildman–Crippen LogP) is 1.88. The van der Waals surface area contributed by atoms with Crippen LogP contribution in [0, 0.1) is 0 Å². The van der Waals surface area contributed by atoms with Gasteiger partial charge in [0.15, 0.2) is 0 Å². The summed E-state index contributed by atoms with van der Waals surface area (Å²) in [6, 6.07) is 4.60. The van der Waals surface area contributed by atoms with Gasteiger partial charge in [-0.15, -0.1) is 0 Å². The average molecular weight is 277 g/mol. The molecule has 6 heteroatoms. The third-order valence-corrected chi connectivity index (χ3v) is 4.56. The highest BCUT2D eigenvalue weighted by Crippen LogP contribution is 2.22. The highest BCUT2D eigenvalue weighted by molar-refractivity contribution is 7.89. The van der Waals surface area contributed by atoms with Gasteiger partial charge in [-0.3, -0.25) is 0 Å². The molecule has 0 aromatic heterocycles. The number of sulfonamides is 1. The number of hydrogen-bond acceptors (Lipinski definition) is 3. The lowest BCUT2D eigenvalue weighted by Crippen LogP contribution is -2.32. The van der Waals surface area contributed by atoms with E-state index in [-0.39, 0.29) is 16.0 Å². The van der Waals surface area contributed by atoms with E-state index >= 15 is 0 Å². The largest absolute Gasteiger partial charge is 0.326 e. The molecule has 0 aliphatic heterocycles. The molecule has 0 saturated carbocycles. The zero-order chi connectivity index (χ0) is 13.1. The molecular weight excluding hydrogens is 260 g/mol. The second-order valence-corrected chi connectivity index (χ2v) is 5.99. The summed E-state index contributed by atoms with van der Waals surface area (Å²) in [7, 11) is -3.55. The Bertz CT molecular complexity index is 488. The maximum atomic E-state index is 12.0. The number of nitrogens with one attached hydrogen (secondary N) is 1. The van der Waals surface area contributed by atoms with Crippen LogP contribution in [0.25, 0.3) is 0 Å². The normalized spacial score (nSPS) is 13.6. The zero-order valence-corrected chi connectivity index (χ0v) is 11.5. The monoisotopic (exact) mass is 276 g/mol. The molecular formula is C11H17ClN2O2S. The molecule has 0 aliphatic carbocycles. The summed E-state index contributed by atoms with van der Waals surface area (Å²) in [6.45, 7) is 4.05. The fraction of sp³-hybridized carbons (Fsp3) is 0.455. The SMILES string of the molecule is CCC(C)NS(=O)(=O)c1ccc(CN)cc1Cl. The van der Waals surface area contributed by atoms with Crippen LogP contribution in [-0.4, -0.2) is 14.5 Å². The molecule has 0 radical (unpaired) electrons. The van der Waals surface area contributed by atoms with Crippen molar-refractivity contribution in [2.24, 2.45) is 5.73 Å². The predicted molar refractivity (Wildman–Crippen MR) is 69.4 cm³/mol. The molecule has 0 saturated heterocycles. The van der Waals surface area contributed by atoms with E-state index in [9.17, 15) is 8.42 Å². The molecule has 0 fully saturated rings. The summed E-state index contributed by atoms with van der Waals surface area (Å²) in [5.41, 5.74) is 6.26. The highest BCUT2D eigenvalue weighted by atomic mass is 35.5. The van der Waals surface area contributed by atoms with Crippen molar-refractivity contribution in [1.29, 1.82) is 0 Å². The molecule has 0 heterocycles. The van der Waals surface area contributed by atoms with Crippen LogP contribution < -0.4 is 10.5 Å². The van der Waals surface area contributed by atoms with Gasteiger partial charge in [0, 0.05) is 12.6 Å². The maximum Gasteiger partial charge on any atom is 0.242 e. The first-order chi connectivity index (χ1) is 7.90. The summed E-state index contributed by atoms with van der Waals surface area (Å²) in [5.74, 6) is 0. The van der Waals surface area contributed by atoms with Crippen LogP contribution in [0.3, 0.4) is 0 Å². The summed E-state index contributed by atoms with van der Waals surface area (Å²) < 4.78 is 26.5. The Morgan fingerprint density at radius 1 is 1.47 bits per heavy atom. The molecule has 1 atom stereocenters. The second kappa shape index (κ2) is 5.82. The minimum atomic E-state index is -3.55. The lowest BCUT2D eigenvalue weighted by Gasteiger charge is -2.13. The third kappa shape index (κ3) is 3.67. The first kappa shape index (κ1) is 14.4. The molecule has 1 aromatic rings. The van der Waals surface area contributed by atoms with E-state index in [2.05, 4.69) is 4.72 Å². The third-order valence-electron chi connectivity index (χ3n) is 2.49. The van der Waals surface area contributed by atoms with E-state index in [0.29, 0.717) is 6.54 Å². The van der Waals surface area contributed by atoms with Gasteiger partial charge in [0.2, 0.25) is 10.0 Å². The topological polar surface area (TPSA) is 72.2 Å². The summed E-state index contributed by atoms with van der Waals surface area (Å²) >= 11 is 5.94. The lowest BCUT2D eigenvalue weighted by atomic mass is 10.2. The van der Waals surface area contributed by atoms with Gasteiger partial charge >= 0.3 is 0 Å². The number of halogens is 1. The van der Waals surface area contributed by atoms with Crippen molar-refractivity contribution in [3.63, 3.8) is 0 Å². The Hall–Kier alpha value is -0.620. The number of hydrogen-bond donors (Lipinski definition) is 2. The molecule has 4 nitrogen and oxygen atoms in total. The van der Waals surface area contributed by atoms with Crippen molar-refractivity contribution in [1.82, 2.24) is 4.72 Å². The van der Waals surface area contributed by atoms with Crippen molar-refractivity contribution in [3.8, 4) is 0 Å². The van der Waals surface area contributed by atoms with Crippen LogP contribution in [0.2, 0.25) is 5.02 Å². The summed E-state index contributed by atoms with van der Waals surface area (Å²) in [4.78, 5) is 0.0941. The van der Waals surface area contributed by atoms with Crippen LogP contribution in [0.5, 0.6) is 0 Å². The minimum absolute atomic E-state index is 0.0941. The molecule has 96 valence electrons. The molecule has 0 aliphatic rings. The van der Waals surface area contributed by atoms with Gasteiger partial charge in [0.1, 0.15) is 4.90 Å². The van der Waals surface area contributed by atoms with E-state index < -0.39 is 10.0 Å². The molecule has 0 spiro atoms. The van der Waals surface area contributed by atoms with Crippen molar-refractivity contribution >= 4 is 21.6 Å². The van der Waals surface area contributed by atoms with Crippen molar-refractivity contribution in [2.75, 3.05) is 0 Å². The Morgan fingerprint density at radius 3 is 2.59 bits per heavy atom. The molecule has 1 rings (SSSR count). The molecule has 17 heavy (non-hydrogen) atoms. The maximum absolute atomic E-state index is 12.0. The van der Waals surface area contributed by atoms with E-state index in [1.54, 1.807) is 19.1 Å². The first-order valence-electron chi connectivity index (χ1n) is 5.41. The standard InChI is InChI=1S/C11H17ClN2O2S/c1-3-8(2)14-17(15,16)11-5-4-9(7-13)6-10(11)12/h4-6,8,14H,3,7,13H2,1-2H3. The van der Waals surface area contributed by atoms with Crippen molar-refractivity contribution in [2.45, 2.75) is 37.8 Å². The minimum Gasteiger partial charge on any atom is -0.326 e. The molecule has 0 bridgehead atoms. The van der Waals surface area contributed by atoms with Crippen LogP contribution in [0.1, 0.15) is 25.8 Å². The van der Waals surface area contributed by atoms with E-state index in [1.165, 1.54) is 6.07 Å². The van der Waals surface area contributed by atoms with E-state index in [0.717, 1.165) is 12.0 Å². The van der Waals surface area contributed by atoms with Gasteiger partial charge in [-0.25, -0.2) is 13.1 Å². The highest BCUT2D eigenvalue weighted by Gasteiger charge is 2.19. The van der Waals surface area contributed by atoms with Crippen LogP contribution in [0.15, 0.2) is 23.1 Å². The first-order valence-corrected chi connectivity index (χ1v) is 7.27. The van der Waals surface area contributed by atoms with Crippen molar-refractivity contribution < 1.29 is 8.42 Å². The quantitative estimate of drug-likeness (QED) is 0.862. The number of benzene rings is 1. The number of nitrogens with two attached hydrogens (primary N) is 1. The Kier molecular flexibility index (Phi) is 4.94. The molecule has 0 amide bonds. The van der Waals surface area contributed by atoms with E-state index in [1.807, 2.05) is 6.92 Å². The van der Waals surface area contributed by atoms with Gasteiger partial charge in [-0.2, -0.15) is 0 Å². The fourth-order valence-electron chi connectivity index (χ4n) is 1.30.